The Morgan fingerprint density at radius 3 is 2.78 bits per heavy atom. The number of halogens is 1. The number of hydrogen-bond acceptors (Lipinski definition) is 5. The molecule has 0 bridgehead atoms. The van der Waals surface area contributed by atoms with Crippen LogP contribution in [0.5, 0.6) is 0 Å². The summed E-state index contributed by atoms with van der Waals surface area (Å²) < 4.78 is 16.2. The van der Waals surface area contributed by atoms with Crippen molar-refractivity contribution in [3.05, 3.63) is 50.9 Å². The summed E-state index contributed by atoms with van der Waals surface area (Å²) in [7, 11) is 0. The maximum Gasteiger partial charge on any atom is 0.267 e. The van der Waals surface area contributed by atoms with Crippen LogP contribution in [0.1, 0.15) is 43.6 Å². The van der Waals surface area contributed by atoms with E-state index in [1.165, 1.54) is 27.3 Å². The summed E-state index contributed by atoms with van der Waals surface area (Å²) >= 11 is 2.82. The lowest BCUT2D eigenvalue weighted by Gasteiger charge is -2.21. The highest BCUT2D eigenvalue weighted by atomic mass is 32.2. The van der Waals surface area contributed by atoms with Crippen LogP contribution in [0.4, 0.5) is 4.39 Å². The monoisotopic (exact) mass is 471 g/mol. The van der Waals surface area contributed by atoms with Crippen molar-refractivity contribution >= 4 is 39.2 Å². The van der Waals surface area contributed by atoms with E-state index in [4.69, 9.17) is 4.98 Å². The molecule has 0 radical (unpaired) electrons. The van der Waals surface area contributed by atoms with Crippen molar-refractivity contribution in [3.63, 3.8) is 0 Å². The minimum atomic E-state index is -0.478. The molecule has 0 unspecified atom stereocenters. The molecule has 0 spiro atoms. The molecule has 5 nitrogen and oxygen atoms in total. The minimum absolute atomic E-state index is 0.0428. The van der Waals surface area contributed by atoms with Gasteiger partial charge in [0, 0.05) is 18.0 Å². The van der Waals surface area contributed by atoms with Gasteiger partial charge in [-0.25, -0.2) is 9.37 Å². The van der Waals surface area contributed by atoms with Crippen molar-refractivity contribution in [1.29, 1.82) is 0 Å². The number of para-hydroxylation sites is 1. The molecule has 1 fully saturated rings. The van der Waals surface area contributed by atoms with E-state index in [1.807, 2.05) is 11.8 Å². The van der Waals surface area contributed by atoms with Gasteiger partial charge in [0.25, 0.3) is 5.56 Å². The number of likely N-dealkylation sites (tertiary alicyclic amines) is 1. The molecule has 0 saturated carbocycles. The zero-order chi connectivity index (χ0) is 22.4. The molecule has 2 aliphatic rings. The van der Waals surface area contributed by atoms with E-state index in [1.54, 1.807) is 29.5 Å². The van der Waals surface area contributed by atoms with Gasteiger partial charge in [-0.1, -0.05) is 30.8 Å². The van der Waals surface area contributed by atoms with Crippen LogP contribution >= 0.6 is 23.1 Å². The quantitative estimate of drug-likeness (QED) is 0.405. The van der Waals surface area contributed by atoms with Crippen molar-refractivity contribution < 1.29 is 9.18 Å². The smallest absolute Gasteiger partial charge is 0.267 e. The van der Waals surface area contributed by atoms with Gasteiger partial charge in [0.15, 0.2) is 5.16 Å². The van der Waals surface area contributed by atoms with Gasteiger partial charge < -0.3 is 4.90 Å². The van der Waals surface area contributed by atoms with Crippen LogP contribution in [0, 0.1) is 11.7 Å². The number of amides is 1. The molecular formula is C24H26FN3O2S2. The average molecular weight is 472 g/mol. The van der Waals surface area contributed by atoms with E-state index < -0.39 is 11.1 Å². The van der Waals surface area contributed by atoms with Gasteiger partial charge in [-0.3, -0.25) is 14.2 Å². The lowest BCUT2D eigenvalue weighted by Crippen LogP contribution is -2.34. The van der Waals surface area contributed by atoms with E-state index in [2.05, 4.69) is 6.92 Å². The first-order valence-corrected chi connectivity index (χ1v) is 12.9. The number of nitrogens with zero attached hydrogens (tertiary/aromatic N) is 3. The first-order valence-electron chi connectivity index (χ1n) is 11.2. The molecule has 3 aromatic rings. The third kappa shape index (κ3) is 3.77. The van der Waals surface area contributed by atoms with Crippen molar-refractivity contribution in [2.24, 2.45) is 5.92 Å². The largest absolute Gasteiger partial charge is 0.342 e. The standard InChI is InChI=1S/C24H26FN3O2S2/c1-14-9-10-16-19(13-14)32-21-20(16)23(30)28(18-8-4-3-7-17(18)25)24(26-21)31-15(2)22(29)27-11-5-6-12-27/h3-4,7-8,14-15H,5-6,9-13H2,1-2H3/t14-,15+/m0/s1. The molecule has 1 aliphatic carbocycles. The molecule has 3 heterocycles. The molecular weight excluding hydrogens is 445 g/mol. The van der Waals surface area contributed by atoms with E-state index >= 15 is 0 Å². The highest BCUT2D eigenvalue weighted by Gasteiger charge is 2.29. The molecule has 1 aromatic carbocycles. The Bertz CT molecular complexity index is 1250. The highest BCUT2D eigenvalue weighted by molar-refractivity contribution is 8.00. The van der Waals surface area contributed by atoms with Crippen LogP contribution in [0.3, 0.4) is 0 Å². The Balaban J connectivity index is 1.65. The predicted octanol–water partition coefficient (Wildman–Crippen LogP) is 4.81. The number of thiophene rings is 1. The molecule has 1 saturated heterocycles. The zero-order valence-corrected chi connectivity index (χ0v) is 19.9. The second-order valence-electron chi connectivity index (χ2n) is 8.81. The predicted molar refractivity (Wildman–Crippen MR) is 127 cm³/mol. The summed E-state index contributed by atoms with van der Waals surface area (Å²) in [6.45, 7) is 5.61. The fourth-order valence-corrected chi connectivity index (χ4v) is 7.13. The lowest BCUT2D eigenvalue weighted by atomic mass is 9.89. The van der Waals surface area contributed by atoms with Crippen LogP contribution in [-0.2, 0) is 17.6 Å². The van der Waals surface area contributed by atoms with Crippen LogP contribution in [0.2, 0.25) is 0 Å². The number of carbonyl (C=O) groups is 1. The van der Waals surface area contributed by atoms with Crippen molar-refractivity contribution in [1.82, 2.24) is 14.5 Å². The molecule has 1 aliphatic heterocycles. The topological polar surface area (TPSA) is 55.2 Å². The SMILES string of the molecule is C[C@H]1CCc2c(sc3nc(S[C@H](C)C(=O)N4CCCC4)n(-c4ccccc4F)c(=O)c23)C1. The Morgan fingerprint density at radius 2 is 2.03 bits per heavy atom. The van der Waals surface area contributed by atoms with Gasteiger partial charge in [0.1, 0.15) is 10.6 Å². The van der Waals surface area contributed by atoms with E-state index in [0.717, 1.165) is 50.8 Å². The Morgan fingerprint density at radius 1 is 1.28 bits per heavy atom. The Hall–Kier alpha value is -2.19. The highest BCUT2D eigenvalue weighted by Crippen LogP contribution is 2.37. The molecule has 5 rings (SSSR count). The van der Waals surface area contributed by atoms with Gasteiger partial charge in [0.05, 0.1) is 16.3 Å². The second-order valence-corrected chi connectivity index (χ2v) is 11.2. The second kappa shape index (κ2) is 8.63. The molecule has 8 heteroatoms. The Labute approximate surface area is 194 Å². The third-order valence-corrected chi connectivity index (χ3v) is 8.63. The van der Waals surface area contributed by atoms with Crippen molar-refractivity contribution in [3.8, 4) is 5.69 Å². The number of rotatable bonds is 4. The number of aryl methyl sites for hydroxylation is 1. The van der Waals surface area contributed by atoms with Gasteiger partial charge in [0.2, 0.25) is 5.91 Å². The van der Waals surface area contributed by atoms with E-state index in [-0.39, 0.29) is 17.2 Å². The number of fused-ring (bicyclic) bond motifs is 3. The minimum Gasteiger partial charge on any atom is -0.342 e. The summed E-state index contributed by atoms with van der Waals surface area (Å²) in [5.74, 6) is 0.145. The maximum atomic E-state index is 14.8. The number of benzene rings is 1. The fourth-order valence-electron chi connectivity index (χ4n) is 4.70. The van der Waals surface area contributed by atoms with E-state index in [9.17, 15) is 14.0 Å². The third-order valence-electron chi connectivity index (χ3n) is 6.44. The zero-order valence-electron chi connectivity index (χ0n) is 18.3. The van der Waals surface area contributed by atoms with Crippen LogP contribution in [-0.4, -0.2) is 38.7 Å². The van der Waals surface area contributed by atoms with Gasteiger partial charge in [-0.05, 0) is 62.6 Å². The number of hydrogen-bond donors (Lipinski definition) is 0. The van der Waals surface area contributed by atoms with Gasteiger partial charge >= 0.3 is 0 Å². The molecule has 2 aromatic heterocycles. The van der Waals surface area contributed by atoms with Crippen LogP contribution in [0.15, 0.2) is 34.2 Å². The summed E-state index contributed by atoms with van der Waals surface area (Å²) in [5, 5.41) is 0.576. The fraction of sp³-hybridized carbons (Fsp3) is 0.458. The first kappa shape index (κ1) is 21.6. The van der Waals surface area contributed by atoms with Crippen LogP contribution in [0.25, 0.3) is 15.9 Å². The van der Waals surface area contributed by atoms with Crippen molar-refractivity contribution in [2.75, 3.05) is 13.1 Å². The lowest BCUT2D eigenvalue weighted by molar-refractivity contribution is -0.129. The number of thioether (sulfide) groups is 1. The molecule has 1 amide bonds. The summed E-state index contributed by atoms with van der Waals surface area (Å²) in [5.41, 5.74) is 1.01. The maximum absolute atomic E-state index is 14.8. The average Bonchev–Trinajstić information content (AvgIpc) is 3.42. The molecule has 0 N–H and O–H groups in total. The van der Waals surface area contributed by atoms with Gasteiger partial charge in [-0.15, -0.1) is 11.3 Å². The molecule has 168 valence electrons. The number of aromatic nitrogens is 2. The molecule has 32 heavy (non-hydrogen) atoms. The number of carbonyl (C=O) groups excluding carboxylic acids is 1. The van der Waals surface area contributed by atoms with Gasteiger partial charge in [-0.2, -0.15) is 0 Å². The Kier molecular flexibility index (Phi) is 5.84. The molecule has 2 atom stereocenters. The van der Waals surface area contributed by atoms with Crippen LogP contribution < -0.4 is 5.56 Å². The summed E-state index contributed by atoms with van der Waals surface area (Å²) in [4.78, 5) is 35.3. The van der Waals surface area contributed by atoms with Crippen molar-refractivity contribution in [2.45, 2.75) is 56.4 Å². The summed E-state index contributed by atoms with van der Waals surface area (Å²) in [6, 6.07) is 6.27. The summed E-state index contributed by atoms with van der Waals surface area (Å²) in [6.07, 6.45) is 4.87. The normalized spacial score (nSPS) is 19.3. The van der Waals surface area contributed by atoms with E-state index in [0.29, 0.717) is 21.3 Å². The first-order chi connectivity index (χ1) is 15.4.